The quantitative estimate of drug-likeness (QED) is 0.645. The number of carbonyl (C=O) groups is 3. The number of carbonyl (C=O) groups excluding carboxylic acids is 3. The maximum atomic E-state index is 13.1. The predicted octanol–water partition coefficient (Wildman–Crippen LogP) is 1.21. The van der Waals surface area contributed by atoms with Crippen molar-refractivity contribution in [3.05, 3.63) is 42.5 Å². The van der Waals surface area contributed by atoms with Gasteiger partial charge in [-0.05, 0) is 25.0 Å². The van der Waals surface area contributed by atoms with E-state index in [0.29, 0.717) is 36.1 Å². The Labute approximate surface area is 168 Å². The molecule has 1 N–H and O–H groups in total. The molecule has 4 amide bonds. The smallest absolute Gasteiger partial charge is 0.332 e. The summed E-state index contributed by atoms with van der Waals surface area (Å²) in [5.74, 6) is -0.655. The molecule has 0 radical (unpaired) electrons. The minimum Gasteiger partial charge on any atom is -0.348 e. The Balaban J connectivity index is 1.37. The average molecular weight is 409 g/mol. The van der Waals surface area contributed by atoms with Crippen molar-refractivity contribution in [2.45, 2.75) is 24.9 Å². The molecule has 11 heteroatoms. The number of hydrogen-bond donors (Lipinski definition) is 1. The Kier molecular flexibility index (Phi) is 4.16. The molecule has 2 atom stereocenters. The molecule has 1 aromatic carbocycles. The van der Waals surface area contributed by atoms with Gasteiger partial charge in [0.05, 0.1) is 23.6 Å². The maximum absolute atomic E-state index is 13.1. The van der Waals surface area contributed by atoms with Gasteiger partial charge in [0.2, 0.25) is 0 Å². The zero-order valence-electron chi connectivity index (χ0n) is 15.1. The van der Waals surface area contributed by atoms with E-state index in [0.717, 1.165) is 11.7 Å². The normalized spacial score (nSPS) is 21.5. The minimum atomic E-state index is -0.620. The number of nitrogens with one attached hydrogen (secondary N) is 1. The van der Waals surface area contributed by atoms with Crippen LogP contribution in [-0.4, -0.2) is 60.1 Å². The van der Waals surface area contributed by atoms with Crippen LogP contribution in [0.5, 0.6) is 0 Å². The molecule has 2 saturated heterocycles. The summed E-state index contributed by atoms with van der Waals surface area (Å²) in [5, 5.41) is 2.89. The largest absolute Gasteiger partial charge is 0.348 e. The lowest BCUT2D eigenvalue weighted by atomic mass is 9.98. The topological polar surface area (TPSA) is 121 Å². The highest BCUT2D eigenvalue weighted by Crippen LogP contribution is 2.34. The van der Waals surface area contributed by atoms with E-state index in [4.69, 9.17) is 0 Å². The minimum absolute atomic E-state index is 0.216. The van der Waals surface area contributed by atoms with Crippen molar-refractivity contribution >= 4 is 46.3 Å². The molecule has 0 bridgehead atoms. The zero-order valence-corrected chi connectivity index (χ0v) is 15.9. The summed E-state index contributed by atoms with van der Waals surface area (Å²) >= 11 is 1.04. The Morgan fingerprint density at radius 3 is 2.93 bits per heavy atom. The molecular formula is C18H15N7O3S. The Bertz CT molecular complexity index is 1120. The van der Waals surface area contributed by atoms with Crippen molar-refractivity contribution in [1.82, 2.24) is 28.9 Å². The molecule has 2 aliphatic heterocycles. The second-order valence-electron chi connectivity index (χ2n) is 6.86. The van der Waals surface area contributed by atoms with Gasteiger partial charge in [-0.25, -0.2) is 14.7 Å². The molecule has 146 valence electrons. The van der Waals surface area contributed by atoms with Crippen molar-refractivity contribution in [3.8, 4) is 0 Å². The monoisotopic (exact) mass is 409 g/mol. The summed E-state index contributed by atoms with van der Waals surface area (Å²) in [6.45, 7) is 0.377. The van der Waals surface area contributed by atoms with E-state index in [1.165, 1.54) is 23.5 Å². The molecule has 5 rings (SSSR count). The van der Waals surface area contributed by atoms with Crippen molar-refractivity contribution < 1.29 is 14.4 Å². The van der Waals surface area contributed by atoms with Crippen LogP contribution < -0.4 is 10.2 Å². The molecule has 2 aromatic heterocycles. The maximum Gasteiger partial charge on any atom is 0.332 e. The van der Waals surface area contributed by atoms with Gasteiger partial charge in [0.1, 0.15) is 22.8 Å². The second kappa shape index (κ2) is 6.85. The molecule has 2 aliphatic rings. The number of rotatable bonds is 3. The Morgan fingerprint density at radius 2 is 2.10 bits per heavy atom. The lowest BCUT2D eigenvalue weighted by Gasteiger charge is -2.32. The third-order valence-electron chi connectivity index (χ3n) is 5.18. The molecule has 0 spiro atoms. The fourth-order valence-corrected chi connectivity index (χ4v) is 4.35. The van der Waals surface area contributed by atoms with Crippen LogP contribution in [0.1, 0.15) is 23.3 Å². The number of aromatic nitrogens is 4. The number of fused-ring (bicyclic) bond motifs is 2. The number of benzene rings is 1. The molecule has 0 saturated carbocycles. The fraction of sp³-hybridized carbons (Fsp3) is 0.278. The molecule has 0 aliphatic carbocycles. The molecule has 3 aromatic rings. The molecule has 29 heavy (non-hydrogen) atoms. The highest BCUT2D eigenvalue weighted by atomic mass is 32.1. The third kappa shape index (κ3) is 2.90. The van der Waals surface area contributed by atoms with Crippen LogP contribution in [0.25, 0.3) is 11.0 Å². The number of nitrogens with zero attached hydrogens (tertiary/aromatic N) is 6. The molecule has 0 unspecified atom stereocenters. The third-order valence-corrected chi connectivity index (χ3v) is 5.72. The van der Waals surface area contributed by atoms with E-state index >= 15 is 0 Å². The Morgan fingerprint density at radius 1 is 1.21 bits per heavy atom. The van der Waals surface area contributed by atoms with E-state index in [-0.39, 0.29) is 29.6 Å². The first-order valence-electron chi connectivity index (χ1n) is 9.06. The van der Waals surface area contributed by atoms with Gasteiger partial charge in [0, 0.05) is 25.0 Å². The second-order valence-corrected chi connectivity index (χ2v) is 7.39. The van der Waals surface area contributed by atoms with Crippen molar-refractivity contribution in [2.75, 3.05) is 11.4 Å². The van der Waals surface area contributed by atoms with Crippen LogP contribution in [0.3, 0.4) is 0 Å². The Hall–Kier alpha value is -3.47. The fourth-order valence-electron chi connectivity index (χ4n) is 3.80. The van der Waals surface area contributed by atoms with Crippen molar-refractivity contribution in [3.63, 3.8) is 0 Å². The van der Waals surface area contributed by atoms with Crippen LogP contribution >= 0.6 is 11.7 Å². The highest BCUT2D eigenvalue weighted by Gasteiger charge is 2.49. The SMILES string of the molecule is O=C(N[C@H]1CCN2C(=O)N(c3cccc4nsnc34)C(=O)[C@@H]2C1)c1cnccn1. The van der Waals surface area contributed by atoms with Crippen LogP contribution in [0.15, 0.2) is 36.8 Å². The predicted molar refractivity (Wildman–Crippen MR) is 103 cm³/mol. The van der Waals surface area contributed by atoms with Crippen LogP contribution in [-0.2, 0) is 4.79 Å². The summed E-state index contributed by atoms with van der Waals surface area (Å²) in [7, 11) is 0. The van der Waals surface area contributed by atoms with Gasteiger partial charge in [-0.15, -0.1) is 0 Å². The number of anilines is 1. The van der Waals surface area contributed by atoms with E-state index in [2.05, 4.69) is 24.0 Å². The van der Waals surface area contributed by atoms with Crippen LogP contribution in [0.2, 0.25) is 0 Å². The van der Waals surface area contributed by atoms with Crippen molar-refractivity contribution in [1.29, 1.82) is 0 Å². The van der Waals surface area contributed by atoms with Crippen molar-refractivity contribution in [2.24, 2.45) is 0 Å². The van der Waals surface area contributed by atoms with E-state index in [1.54, 1.807) is 23.1 Å². The van der Waals surface area contributed by atoms with Gasteiger partial charge in [-0.2, -0.15) is 8.75 Å². The number of imide groups is 1. The highest BCUT2D eigenvalue weighted by molar-refractivity contribution is 7.00. The first-order valence-corrected chi connectivity index (χ1v) is 9.79. The van der Waals surface area contributed by atoms with Gasteiger partial charge in [-0.1, -0.05) is 6.07 Å². The summed E-state index contributed by atoms with van der Waals surface area (Å²) < 4.78 is 8.41. The summed E-state index contributed by atoms with van der Waals surface area (Å²) in [6.07, 6.45) is 5.22. The van der Waals surface area contributed by atoms with Gasteiger partial charge in [0.15, 0.2) is 0 Å². The first-order chi connectivity index (χ1) is 14.1. The number of amides is 4. The van der Waals surface area contributed by atoms with E-state index in [1.807, 2.05) is 0 Å². The summed E-state index contributed by atoms with van der Waals surface area (Å²) in [5.41, 5.74) is 1.84. The van der Waals surface area contributed by atoms with Crippen LogP contribution in [0, 0.1) is 0 Å². The zero-order chi connectivity index (χ0) is 20.0. The van der Waals surface area contributed by atoms with Gasteiger partial charge < -0.3 is 10.2 Å². The molecular weight excluding hydrogens is 394 g/mol. The van der Waals surface area contributed by atoms with Gasteiger partial charge in [-0.3, -0.25) is 14.6 Å². The van der Waals surface area contributed by atoms with E-state index in [9.17, 15) is 14.4 Å². The number of urea groups is 1. The molecule has 10 nitrogen and oxygen atoms in total. The summed E-state index contributed by atoms with van der Waals surface area (Å²) in [4.78, 5) is 49.0. The molecule has 2 fully saturated rings. The van der Waals surface area contributed by atoms with E-state index < -0.39 is 6.04 Å². The van der Waals surface area contributed by atoms with Gasteiger partial charge >= 0.3 is 6.03 Å². The average Bonchev–Trinajstić information content (AvgIpc) is 3.32. The lowest BCUT2D eigenvalue weighted by Crippen LogP contribution is -2.49. The number of piperidine rings is 1. The standard InChI is InChI=1S/C18H15N7O3S/c26-16(12-9-19-5-6-20-12)21-10-4-7-24-14(8-10)17(27)25(18(24)28)13-3-1-2-11-15(13)23-29-22-11/h1-3,5-6,9-10,14H,4,7-8H2,(H,21,26)/t10-,14-/m0/s1. The van der Waals surface area contributed by atoms with Gasteiger partial charge in [0.25, 0.3) is 11.8 Å². The van der Waals surface area contributed by atoms with Crippen LogP contribution in [0.4, 0.5) is 10.5 Å². The summed E-state index contributed by atoms with van der Waals surface area (Å²) in [6, 6.07) is 4.02. The lowest BCUT2D eigenvalue weighted by molar-refractivity contribution is -0.120. The molecule has 4 heterocycles. The number of hydrogen-bond acceptors (Lipinski definition) is 8. The first kappa shape index (κ1) is 17.6.